The van der Waals surface area contributed by atoms with Crippen molar-refractivity contribution in [3.8, 4) is 0 Å². The van der Waals surface area contributed by atoms with Crippen LogP contribution in [0, 0.1) is 0 Å². The normalized spacial score (nSPS) is 22.8. The van der Waals surface area contributed by atoms with Crippen molar-refractivity contribution in [3.63, 3.8) is 0 Å². The summed E-state index contributed by atoms with van der Waals surface area (Å²) in [5, 5.41) is 3.54. The average molecular weight is 455 g/mol. The second-order valence-corrected chi connectivity index (χ2v) is 9.03. The molecule has 0 aliphatic carbocycles. The molecule has 3 aliphatic rings. The van der Waals surface area contributed by atoms with Gasteiger partial charge in [-0.3, -0.25) is 9.69 Å². The van der Waals surface area contributed by atoms with E-state index < -0.39 is 0 Å². The third kappa shape index (κ3) is 3.85. The Balaban J connectivity index is 1.35. The third-order valence-electron chi connectivity index (χ3n) is 6.83. The number of anilines is 1. The van der Waals surface area contributed by atoms with E-state index in [1.165, 1.54) is 0 Å². The second-order valence-electron chi connectivity index (χ2n) is 8.60. The molecular formula is C24H27ClN4O3. The molecule has 3 heterocycles. The molecule has 8 heteroatoms. The van der Waals surface area contributed by atoms with Gasteiger partial charge in [0.15, 0.2) is 0 Å². The minimum Gasteiger partial charge on any atom is -0.381 e. The first-order chi connectivity index (χ1) is 15.6. The lowest BCUT2D eigenvalue weighted by Gasteiger charge is -2.49. The first-order valence-electron chi connectivity index (χ1n) is 11.1. The van der Waals surface area contributed by atoms with Crippen molar-refractivity contribution in [2.45, 2.75) is 31.1 Å². The summed E-state index contributed by atoms with van der Waals surface area (Å²) in [4.78, 5) is 32.7. The van der Waals surface area contributed by atoms with Crippen LogP contribution in [0.1, 0.15) is 18.4 Å². The number of ether oxygens (including phenoxy) is 1. The van der Waals surface area contributed by atoms with Crippen LogP contribution in [-0.4, -0.2) is 71.2 Å². The number of nitrogens with one attached hydrogen (secondary N) is 1. The number of benzene rings is 2. The zero-order valence-electron chi connectivity index (χ0n) is 17.9. The van der Waals surface area contributed by atoms with E-state index in [4.69, 9.17) is 16.3 Å². The quantitative estimate of drug-likeness (QED) is 0.772. The summed E-state index contributed by atoms with van der Waals surface area (Å²) < 4.78 is 5.66. The molecule has 168 valence electrons. The number of nitrogens with zero attached hydrogens (tertiary/aromatic N) is 3. The summed E-state index contributed by atoms with van der Waals surface area (Å²) in [7, 11) is 0. The SMILES string of the molecule is O=C(Nc1ccc(Cl)cc1)N1CCN2[C@H](C1)C(=O)N(Cc1ccccc1)C21CCOCC1. The lowest BCUT2D eigenvalue weighted by atomic mass is 9.96. The highest BCUT2D eigenvalue weighted by molar-refractivity contribution is 6.30. The molecule has 7 nitrogen and oxygen atoms in total. The van der Waals surface area contributed by atoms with Gasteiger partial charge in [0.2, 0.25) is 5.91 Å². The maximum absolute atomic E-state index is 13.7. The van der Waals surface area contributed by atoms with Crippen molar-refractivity contribution in [3.05, 3.63) is 65.2 Å². The van der Waals surface area contributed by atoms with E-state index in [0.29, 0.717) is 50.1 Å². The van der Waals surface area contributed by atoms with Crippen molar-refractivity contribution in [2.75, 3.05) is 38.2 Å². The van der Waals surface area contributed by atoms with Gasteiger partial charge in [-0.05, 0) is 29.8 Å². The van der Waals surface area contributed by atoms with Crippen LogP contribution < -0.4 is 5.32 Å². The number of halogens is 1. The largest absolute Gasteiger partial charge is 0.381 e. The molecule has 32 heavy (non-hydrogen) atoms. The Morgan fingerprint density at radius 3 is 2.50 bits per heavy atom. The molecule has 1 N–H and O–H groups in total. The monoisotopic (exact) mass is 454 g/mol. The van der Waals surface area contributed by atoms with Crippen molar-refractivity contribution < 1.29 is 14.3 Å². The Hall–Kier alpha value is -2.61. The Morgan fingerprint density at radius 2 is 1.78 bits per heavy atom. The van der Waals surface area contributed by atoms with Crippen LogP contribution in [0.4, 0.5) is 10.5 Å². The van der Waals surface area contributed by atoms with Gasteiger partial charge in [-0.25, -0.2) is 4.79 Å². The third-order valence-corrected chi connectivity index (χ3v) is 7.08. The molecule has 3 aliphatic heterocycles. The second kappa shape index (κ2) is 8.73. The fourth-order valence-corrected chi connectivity index (χ4v) is 5.33. The molecule has 0 bridgehead atoms. The fourth-order valence-electron chi connectivity index (χ4n) is 5.20. The van der Waals surface area contributed by atoms with Crippen LogP contribution in [-0.2, 0) is 16.1 Å². The van der Waals surface area contributed by atoms with Gasteiger partial charge in [0, 0.05) is 49.7 Å². The Morgan fingerprint density at radius 1 is 1.06 bits per heavy atom. The Labute approximate surface area is 192 Å². The molecule has 0 aromatic heterocycles. The summed E-state index contributed by atoms with van der Waals surface area (Å²) in [6, 6.07) is 16.6. The minimum absolute atomic E-state index is 0.0970. The number of piperazine rings is 1. The first kappa shape index (κ1) is 21.2. The summed E-state index contributed by atoms with van der Waals surface area (Å²) in [5.74, 6) is 0.0970. The topological polar surface area (TPSA) is 65.1 Å². The van der Waals surface area contributed by atoms with Crippen LogP contribution in [0.5, 0.6) is 0 Å². The predicted octanol–water partition coefficient (Wildman–Crippen LogP) is 3.41. The highest BCUT2D eigenvalue weighted by Gasteiger charge is 2.58. The van der Waals surface area contributed by atoms with Crippen LogP contribution in [0.2, 0.25) is 5.02 Å². The molecule has 0 saturated carbocycles. The lowest BCUT2D eigenvalue weighted by molar-refractivity contribution is -0.137. The molecule has 2 aromatic carbocycles. The predicted molar refractivity (Wildman–Crippen MR) is 122 cm³/mol. The fraction of sp³-hybridized carbons (Fsp3) is 0.417. The number of carbonyl (C=O) groups excluding carboxylic acids is 2. The zero-order chi connectivity index (χ0) is 22.1. The summed E-state index contributed by atoms with van der Waals surface area (Å²) in [6.45, 7) is 3.47. The van der Waals surface area contributed by atoms with Crippen LogP contribution in [0.25, 0.3) is 0 Å². The van der Waals surface area contributed by atoms with E-state index in [9.17, 15) is 9.59 Å². The Kier molecular flexibility index (Phi) is 5.80. The number of amides is 3. The van der Waals surface area contributed by atoms with Crippen molar-refractivity contribution >= 4 is 29.2 Å². The molecule has 2 aromatic rings. The van der Waals surface area contributed by atoms with Crippen LogP contribution in [0.3, 0.4) is 0 Å². The van der Waals surface area contributed by atoms with Crippen LogP contribution >= 0.6 is 11.6 Å². The zero-order valence-corrected chi connectivity index (χ0v) is 18.6. The van der Waals surface area contributed by atoms with E-state index >= 15 is 0 Å². The van der Waals surface area contributed by atoms with Gasteiger partial charge < -0.3 is 19.9 Å². The maximum Gasteiger partial charge on any atom is 0.321 e. The van der Waals surface area contributed by atoms with E-state index in [1.54, 1.807) is 29.2 Å². The van der Waals surface area contributed by atoms with Gasteiger partial charge in [0.25, 0.3) is 0 Å². The molecule has 3 amide bonds. The standard InChI is InChI=1S/C24H27ClN4O3/c25-19-6-8-20(9-7-19)26-23(31)27-12-13-28-21(17-27)22(30)29(16-18-4-2-1-3-5-18)24(28)10-14-32-15-11-24/h1-9,21H,10-17H2,(H,26,31)/t21-/m1/s1. The van der Waals surface area contributed by atoms with Gasteiger partial charge in [-0.2, -0.15) is 0 Å². The molecule has 5 rings (SSSR count). The van der Waals surface area contributed by atoms with Crippen molar-refractivity contribution in [1.82, 2.24) is 14.7 Å². The van der Waals surface area contributed by atoms with Gasteiger partial charge in [-0.1, -0.05) is 41.9 Å². The molecule has 0 unspecified atom stereocenters. The van der Waals surface area contributed by atoms with E-state index in [1.807, 2.05) is 23.1 Å². The average Bonchev–Trinajstić information content (AvgIpc) is 3.04. The number of hydrogen-bond donors (Lipinski definition) is 1. The maximum atomic E-state index is 13.7. The Bertz CT molecular complexity index is 978. The number of fused-ring (bicyclic) bond motifs is 2. The van der Waals surface area contributed by atoms with Gasteiger partial charge in [-0.15, -0.1) is 0 Å². The van der Waals surface area contributed by atoms with Crippen LogP contribution in [0.15, 0.2) is 54.6 Å². The number of hydrogen-bond acceptors (Lipinski definition) is 4. The summed E-state index contributed by atoms with van der Waals surface area (Å²) in [6.07, 6.45) is 1.58. The molecule has 3 fully saturated rings. The minimum atomic E-state index is -0.339. The highest BCUT2D eigenvalue weighted by atomic mass is 35.5. The summed E-state index contributed by atoms with van der Waals surface area (Å²) in [5.41, 5.74) is 1.46. The van der Waals surface area contributed by atoms with E-state index in [-0.39, 0.29) is 23.6 Å². The van der Waals surface area contributed by atoms with Crippen molar-refractivity contribution in [2.24, 2.45) is 0 Å². The lowest BCUT2D eigenvalue weighted by Crippen LogP contribution is -2.62. The smallest absolute Gasteiger partial charge is 0.321 e. The summed E-state index contributed by atoms with van der Waals surface area (Å²) >= 11 is 5.94. The molecule has 0 radical (unpaired) electrons. The molecule has 1 spiro atoms. The highest BCUT2D eigenvalue weighted by Crippen LogP contribution is 2.42. The van der Waals surface area contributed by atoms with Gasteiger partial charge >= 0.3 is 6.03 Å². The number of carbonyl (C=O) groups is 2. The van der Waals surface area contributed by atoms with Gasteiger partial charge in [0.05, 0.1) is 13.2 Å². The van der Waals surface area contributed by atoms with E-state index in [0.717, 1.165) is 18.4 Å². The number of rotatable bonds is 3. The molecular weight excluding hydrogens is 428 g/mol. The van der Waals surface area contributed by atoms with Gasteiger partial charge in [0.1, 0.15) is 11.7 Å². The number of urea groups is 1. The molecule has 3 saturated heterocycles. The molecule has 1 atom stereocenters. The van der Waals surface area contributed by atoms with Crippen molar-refractivity contribution in [1.29, 1.82) is 0 Å². The van der Waals surface area contributed by atoms with E-state index in [2.05, 4.69) is 22.3 Å². The first-order valence-corrected chi connectivity index (χ1v) is 11.5.